The predicted molar refractivity (Wildman–Crippen MR) is 97.9 cm³/mol. The molecule has 1 fully saturated rings. The van der Waals surface area contributed by atoms with E-state index in [4.69, 9.17) is 9.90 Å². The highest BCUT2D eigenvalue weighted by molar-refractivity contribution is 7.89. The predicted octanol–water partition coefficient (Wildman–Crippen LogP) is 2.09. The molecule has 166 valence electrons. The van der Waals surface area contributed by atoms with Gasteiger partial charge in [0.25, 0.3) is 0 Å². The van der Waals surface area contributed by atoms with Crippen LogP contribution in [0.1, 0.15) is 13.3 Å². The van der Waals surface area contributed by atoms with Crippen LogP contribution < -0.4 is 5.32 Å². The third-order valence-corrected chi connectivity index (χ3v) is 6.35. The molecule has 8 nitrogen and oxygen atoms in total. The third-order valence-electron chi connectivity index (χ3n) is 4.30. The van der Waals surface area contributed by atoms with E-state index >= 15 is 0 Å². The van der Waals surface area contributed by atoms with E-state index in [9.17, 15) is 31.1 Å². The average molecular weight is 453 g/mol. The zero-order chi connectivity index (χ0) is 22.7. The summed E-state index contributed by atoms with van der Waals surface area (Å²) in [6.07, 6.45) is -3.56. The molecule has 2 heterocycles. The van der Waals surface area contributed by atoms with Crippen molar-refractivity contribution in [3.63, 3.8) is 0 Å². The summed E-state index contributed by atoms with van der Waals surface area (Å²) in [6, 6.07) is 4.06. The lowest BCUT2D eigenvalue weighted by Gasteiger charge is -2.26. The standard InChI is InChI=1S/C15H18FN3O3S.C2HF3O2/c1-10-8-17-6-3-7-19(10)23(21,22)13-5-2-4-11-14(13)12(16)9-18-15(11)20;3-2(4,5)1(6)7/h2,4-5,9-10,17H,3,6-8H2,1H3,(H,18,20);(H,6,7). The summed E-state index contributed by atoms with van der Waals surface area (Å²) in [5, 5.41) is 20.1. The summed E-state index contributed by atoms with van der Waals surface area (Å²) in [7, 11) is -3.89. The molecule has 1 aliphatic heterocycles. The number of benzene rings is 1. The van der Waals surface area contributed by atoms with E-state index in [0.29, 0.717) is 19.5 Å². The molecule has 0 saturated carbocycles. The Bertz CT molecular complexity index is 1030. The topological polar surface area (TPSA) is 120 Å². The Balaban J connectivity index is 0.000000396. The van der Waals surface area contributed by atoms with Gasteiger partial charge in [0.05, 0.1) is 11.1 Å². The molecule has 0 aliphatic carbocycles. The van der Waals surface area contributed by atoms with E-state index in [0.717, 1.165) is 12.7 Å². The second kappa shape index (κ2) is 9.10. The van der Waals surface area contributed by atoms with Gasteiger partial charge in [0.2, 0.25) is 15.9 Å². The SMILES string of the molecule is CC1CNCCCN1S(=O)(=O)c1cccc2c(O)ncc(F)c12.O=C(O)C(F)(F)F. The number of halogens is 4. The van der Waals surface area contributed by atoms with E-state index in [-0.39, 0.29) is 27.6 Å². The zero-order valence-electron chi connectivity index (χ0n) is 15.6. The highest BCUT2D eigenvalue weighted by Crippen LogP contribution is 2.32. The van der Waals surface area contributed by atoms with Crippen molar-refractivity contribution >= 4 is 26.8 Å². The van der Waals surface area contributed by atoms with E-state index in [1.807, 2.05) is 6.92 Å². The van der Waals surface area contributed by atoms with Gasteiger partial charge in [-0.15, -0.1) is 0 Å². The van der Waals surface area contributed by atoms with Crippen LogP contribution in [0.15, 0.2) is 29.3 Å². The first-order valence-electron chi connectivity index (χ1n) is 8.66. The first-order valence-corrected chi connectivity index (χ1v) is 10.1. The van der Waals surface area contributed by atoms with Crippen molar-refractivity contribution in [2.24, 2.45) is 0 Å². The largest absolute Gasteiger partial charge is 0.493 e. The molecule has 0 bridgehead atoms. The number of rotatable bonds is 2. The Morgan fingerprint density at radius 3 is 2.57 bits per heavy atom. The number of sulfonamides is 1. The molecule has 30 heavy (non-hydrogen) atoms. The summed E-state index contributed by atoms with van der Waals surface area (Å²) < 4.78 is 73.5. The van der Waals surface area contributed by atoms with Gasteiger partial charge in [0.1, 0.15) is 0 Å². The molecule has 0 amide bonds. The molecule has 1 aromatic carbocycles. The van der Waals surface area contributed by atoms with Crippen LogP contribution in [0.3, 0.4) is 0 Å². The number of aliphatic carboxylic acids is 1. The van der Waals surface area contributed by atoms with E-state index in [1.54, 1.807) is 0 Å². The van der Waals surface area contributed by atoms with Crippen LogP contribution in [0.25, 0.3) is 10.8 Å². The van der Waals surface area contributed by atoms with Crippen molar-refractivity contribution in [3.8, 4) is 5.88 Å². The second-order valence-corrected chi connectivity index (χ2v) is 8.29. The van der Waals surface area contributed by atoms with Crippen molar-refractivity contribution in [2.75, 3.05) is 19.6 Å². The molecular weight excluding hydrogens is 434 g/mol. The minimum atomic E-state index is -5.08. The Morgan fingerprint density at radius 1 is 1.33 bits per heavy atom. The van der Waals surface area contributed by atoms with E-state index in [1.165, 1.54) is 22.5 Å². The highest BCUT2D eigenvalue weighted by Gasteiger charge is 2.38. The molecule has 1 aliphatic rings. The zero-order valence-corrected chi connectivity index (χ0v) is 16.5. The fourth-order valence-electron chi connectivity index (χ4n) is 2.91. The molecule has 0 spiro atoms. The van der Waals surface area contributed by atoms with Gasteiger partial charge < -0.3 is 15.5 Å². The van der Waals surface area contributed by atoms with Gasteiger partial charge in [-0.1, -0.05) is 6.07 Å². The number of aromatic hydroxyl groups is 1. The van der Waals surface area contributed by atoms with Gasteiger partial charge >= 0.3 is 12.1 Å². The third kappa shape index (κ3) is 5.15. The monoisotopic (exact) mass is 453 g/mol. The molecule has 1 unspecified atom stereocenters. The minimum Gasteiger partial charge on any atom is -0.493 e. The van der Waals surface area contributed by atoms with Gasteiger partial charge in [-0.05, 0) is 32.0 Å². The summed E-state index contributed by atoms with van der Waals surface area (Å²) in [4.78, 5) is 12.3. The fourth-order valence-corrected chi connectivity index (χ4v) is 4.79. The summed E-state index contributed by atoms with van der Waals surface area (Å²) in [5.41, 5.74) is 0. The van der Waals surface area contributed by atoms with Crippen molar-refractivity contribution in [3.05, 3.63) is 30.2 Å². The van der Waals surface area contributed by atoms with Crippen LogP contribution in [0.2, 0.25) is 0 Å². The number of hydrogen-bond donors (Lipinski definition) is 3. The maximum absolute atomic E-state index is 14.2. The number of fused-ring (bicyclic) bond motifs is 1. The van der Waals surface area contributed by atoms with Crippen LogP contribution in [-0.4, -0.2) is 65.7 Å². The molecule has 1 aromatic heterocycles. The number of pyridine rings is 1. The van der Waals surface area contributed by atoms with E-state index in [2.05, 4.69) is 10.3 Å². The highest BCUT2D eigenvalue weighted by atomic mass is 32.2. The molecule has 3 rings (SSSR count). The van der Waals surface area contributed by atoms with Gasteiger partial charge in [-0.3, -0.25) is 0 Å². The lowest BCUT2D eigenvalue weighted by atomic mass is 10.1. The fraction of sp³-hybridized carbons (Fsp3) is 0.412. The number of carboxylic acids is 1. The average Bonchev–Trinajstić information content (AvgIpc) is 2.89. The molecule has 3 N–H and O–H groups in total. The summed E-state index contributed by atoms with van der Waals surface area (Å²) in [6.45, 7) is 3.46. The van der Waals surface area contributed by atoms with Crippen LogP contribution >= 0.6 is 0 Å². The van der Waals surface area contributed by atoms with Crippen LogP contribution in [0, 0.1) is 5.82 Å². The normalized spacial score (nSPS) is 18.4. The molecule has 1 saturated heterocycles. The van der Waals surface area contributed by atoms with Gasteiger partial charge in [0, 0.05) is 29.9 Å². The van der Waals surface area contributed by atoms with Crippen LogP contribution in [0.5, 0.6) is 5.88 Å². The number of alkyl halides is 3. The lowest BCUT2D eigenvalue weighted by Crippen LogP contribution is -2.41. The lowest BCUT2D eigenvalue weighted by molar-refractivity contribution is -0.192. The summed E-state index contributed by atoms with van der Waals surface area (Å²) in [5.74, 6) is -3.91. The second-order valence-electron chi connectivity index (χ2n) is 6.43. The number of aromatic nitrogens is 1. The molecule has 13 heteroatoms. The maximum atomic E-state index is 14.2. The number of carbonyl (C=O) groups is 1. The summed E-state index contributed by atoms with van der Waals surface area (Å²) >= 11 is 0. The molecule has 0 radical (unpaired) electrons. The van der Waals surface area contributed by atoms with Gasteiger partial charge in [-0.25, -0.2) is 22.6 Å². The number of nitrogens with zero attached hydrogens (tertiary/aromatic N) is 2. The number of nitrogens with one attached hydrogen (secondary N) is 1. The molecule has 2 aromatic rings. The van der Waals surface area contributed by atoms with Crippen LogP contribution in [-0.2, 0) is 14.8 Å². The first-order chi connectivity index (χ1) is 13.9. The van der Waals surface area contributed by atoms with E-state index < -0.39 is 28.0 Å². The Kier molecular flexibility index (Phi) is 7.21. The smallest absolute Gasteiger partial charge is 0.490 e. The first kappa shape index (κ1) is 23.8. The Morgan fingerprint density at radius 2 is 1.97 bits per heavy atom. The van der Waals surface area contributed by atoms with Crippen LogP contribution in [0.4, 0.5) is 17.6 Å². The van der Waals surface area contributed by atoms with Gasteiger partial charge in [0.15, 0.2) is 5.82 Å². The quantitative estimate of drug-likeness (QED) is 0.596. The molecule has 1 atom stereocenters. The Hall–Kier alpha value is -2.51. The van der Waals surface area contributed by atoms with Crippen molar-refractivity contribution in [1.82, 2.24) is 14.6 Å². The molecular formula is C17H19F4N3O5S. The van der Waals surface area contributed by atoms with Gasteiger partial charge in [-0.2, -0.15) is 17.5 Å². The Labute approximate surface area is 169 Å². The van der Waals surface area contributed by atoms with Crippen molar-refractivity contribution in [2.45, 2.75) is 30.5 Å². The number of hydrogen-bond acceptors (Lipinski definition) is 6. The minimum absolute atomic E-state index is 0.0895. The van der Waals surface area contributed by atoms with Crippen molar-refractivity contribution in [1.29, 1.82) is 0 Å². The maximum Gasteiger partial charge on any atom is 0.490 e. The number of carboxylic acid groups (broad SMARTS) is 1. The van der Waals surface area contributed by atoms with Crippen molar-refractivity contribution < 1.29 is 41.0 Å².